The predicted molar refractivity (Wildman–Crippen MR) is 73.9 cm³/mol. The molecule has 1 aromatic carbocycles. The van der Waals surface area contributed by atoms with Crippen molar-refractivity contribution in [2.45, 2.75) is 52.1 Å². The summed E-state index contributed by atoms with van der Waals surface area (Å²) in [5, 5.41) is 3.50. The largest absolute Gasteiger partial charge is 0.307 e. The second-order valence-electron chi connectivity index (χ2n) is 5.97. The molecule has 1 fully saturated rings. The SMILES string of the molecule is CC(NC1C(C)CCCC1C)c1cc(F)ccc1F. The smallest absolute Gasteiger partial charge is 0.128 e. The summed E-state index contributed by atoms with van der Waals surface area (Å²) in [5.74, 6) is 0.456. The molecule has 0 aromatic heterocycles. The van der Waals surface area contributed by atoms with Crippen LogP contribution in [0.3, 0.4) is 0 Å². The third-order valence-electron chi connectivity index (χ3n) is 4.41. The van der Waals surface area contributed by atoms with Crippen LogP contribution >= 0.6 is 0 Å². The Labute approximate surface area is 114 Å². The van der Waals surface area contributed by atoms with E-state index in [1.54, 1.807) is 0 Å². The van der Waals surface area contributed by atoms with E-state index in [4.69, 9.17) is 0 Å². The molecule has 0 bridgehead atoms. The molecule has 3 heteroatoms. The van der Waals surface area contributed by atoms with E-state index < -0.39 is 0 Å². The maximum atomic E-state index is 13.8. The fraction of sp³-hybridized carbons (Fsp3) is 0.625. The van der Waals surface area contributed by atoms with Gasteiger partial charge in [0.1, 0.15) is 11.6 Å². The van der Waals surface area contributed by atoms with Crippen molar-refractivity contribution in [2.75, 3.05) is 0 Å². The number of halogens is 2. The molecule has 0 heterocycles. The Hall–Kier alpha value is -0.960. The molecule has 0 radical (unpaired) electrons. The number of nitrogens with one attached hydrogen (secondary N) is 1. The van der Waals surface area contributed by atoms with Gasteiger partial charge in [-0.25, -0.2) is 8.78 Å². The molecule has 1 aromatic rings. The van der Waals surface area contributed by atoms with Crippen LogP contribution in [0.5, 0.6) is 0 Å². The zero-order chi connectivity index (χ0) is 14.0. The summed E-state index contributed by atoms with van der Waals surface area (Å²) in [6.45, 7) is 6.38. The molecule has 3 atom stereocenters. The van der Waals surface area contributed by atoms with Crippen molar-refractivity contribution in [2.24, 2.45) is 11.8 Å². The second-order valence-corrected chi connectivity index (χ2v) is 5.97. The molecule has 1 nitrogen and oxygen atoms in total. The Bertz CT molecular complexity index is 423. The number of rotatable bonds is 3. The minimum absolute atomic E-state index is 0.163. The molecule has 0 saturated heterocycles. The molecule has 1 aliphatic carbocycles. The van der Waals surface area contributed by atoms with Gasteiger partial charge in [-0.15, -0.1) is 0 Å². The van der Waals surface area contributed by atoms with Gasteiger partial charge < -0.3 is 5.32 Å². The lowest BCUT2D eigenvalue weighted by atomic mass is 9.78. The molecule has 1 N–H and O–H groups in total. The summed E-state index contributed by atoms with van der Waals surface area (Å²) in [7, 11) is 0. The Morgan fingerprint density at radius 2 is 1.79 bits per heavy atom. The van der Waals surface area contributed by atoms with Crippen LogP contribution in [0.15, 0.2) is 18.2 Å². The van der Waals surface area contributed by atoms with E-state index >= 15 is 0 Å². The van der Waals surface area contributed by atoms with Gasteiger partial charge in [0.05, 0.1) is 0 Å². The highest BCUT2D eigenvalue weighted by Crippen LogP contribution is 2.31. The van der Waals surface area contributed by atoms with E-state index in [0.717, 1.165) is 6.07 Å². The topological polar surface area (TPSA) is 12.0 Å². The number of benzene rings is 1. The lowest BCUT2D eigenvalue weighted by Gasteiger charge is -2.37. The van der Waals surface area contributed by atoms with Crippen molar-refractivity contribution in [3.8, 4) is 0 Å². The fourth-order valence-electron chi connectivity index (χ4n) is 3.24. The zero-order valence-corrected chi connectivity index (χ0v) is 11.9. The molecule has 106 valence electrons. The van der Waals surface area contributed by atoms with Crippen molar-refractivity contribution in [1.82, 2.24) is 5.32 Å². The molecule has 0 aliphatic heterocycles. The van der Waals surface area contributed by atoms with Gasteiger partial charge in [-0.3, -0.25) is 0 Å². The lowest BCUT2D eigenvalue weighted by molar-refractivity contribution is 0.195. The van der Waals surface area contributed by atoms with E-state index in [1.807, 2.05) is 6.92 Å². The van der Waals surface area contributed by atoms with Gasteiger partial charge in [0.2, 0.25) is 0 Å². The van der Waals surface area contributed by atoms with Gasteiger partial charge in [0.25, 0.3) is 0 Å². The average Bonchev–Trinajstić information content (AvgIpc) is 2.37. The zero-order valence-electron chi connectivity index (χ0n) is 11.9. The normalized spacial score (nSPS) is 29.2. The van der Waals surface area contributed by atoms with E-state index in [1.165, 1.54) is 31.4 Å². The quantitative estimate of drug-likeness (QED) is 0.853. The summed E-state index contributed by atoms with van der Waals surface area (Å²) >= 11 is 0. The molecular formula is C16H23F2N. The third-order valence-corrected chi connectivity index (χ3v) is 4.41. The van der Waals surface area contributed by atoms with E-state index in [-0.39, 0.29) is 17.7 Å². The molecular weight excluding hydrogens is 244 g/mol. The van der Waals surface area contributed by atoms with Crippen LogP contribution in [0.2, 0.25) is 0 Å². The van der Waals surface area contributed by atoms with Crippen LogP contribution in [0.25, 0.3) is 0 Å². The van der Waals surface area contributed by atoms with E-state index in [9.17, 15) is 8.78 Å². The summed E-state index contributed by atoms with van der Waals surface area (Å²) < 4.78 is 27.0. The Morgan fingerprint density at radius 1 is 1.16 bits per heavy atom. The average molecular weight is 267 g/mol. The van der Waals surface area contributed by atoms with Crippen molar-refractivity contribution < 1.29 is 8.78 Å². The maximum absolute atomic E-state index is 13.8. The highest BCUT2D eigenvalue weighted by molar-refractivity contribution is 5.22. The first-order valence-electron chi connectivity index (χ1n) is 7.20. The van der Waals surface area contributed by atoms with Gasteiger partial charge in [-0.05, 0) is 49.8 Å². The van der Waals surface area contributed by atoms with Crippen LogP contribution in [0.1, 0.15) is 51.6 Å². The standard InChI is InChI=1S/C16H23F2N/c1-10-5-4-6-11(2)16(10)19-12(3)14-9-13(17)7-8-15(14)18/h7-12,16,19H,4-6H2,1-3H3. The highest BCUT2D eigenvalue weighted by atomic mass is 19.1. The monoisotopic (exact) mass is 267 g/mol. The summed E-state index contributed by atoms with van der Waals surface area (Å²) in [4.78, 5) is 0. The van der Waals surface area contributed by atoms with Crippen molar-refractivity contribution in [3.05, 3.63) is 35.4 Å². The van der Waals surface area contributed by atoms with Gasteiger partial charge >= 0.3 is 0 Å². The van der Waals surface area contributed by atoms with Gasteiger partial charge in [0, 0.05) is 17.6 Å². The molecule has 0 amide bonds. The molecule has 1 aliphatic rings. The first-order valence-corrected chi connectivity index (χ1v) is 7.20. The van der Waals surface area contributed by atoms with Crippen LogP contribution in [0.4, 0.5) is 8.78 Å². The third kappa shape index (κ3) is 3.33. The molecule has 2 rings (SSSR count). The van der Waals surface area contributed by atoms with Gasteiger partial charge in [-0.1, -0.05) is 20.3 Å². The molecule has 3 unspecified atom stereocenters. The lowest BCUT2D eigenvalue weighted by Crippen LogP contribution is -2.44. The first kappa shape index (κ1) is 14.4. The Morgan fingerprint density at radius 3 is 2.42 bits per heavy atom. The van der Waals surface area contributed by atoms with Crippen LogP contribution < -0.4 is 5.32 Å². The molecule has 0 spiro atoms. The van der Waals surface area contributed by atoms with Crippen LogP contribution in [0, 0.1) is 23.5 Å². The predicted octanol–water partition coefficient (Wildman–Crippen LogP) is 4.44. The number of hydrogen-bond donors (Lipinski definition) is 1. The Balaban J connectivity index is 2.11. The maximum Gasteiger partial charge on any atom is 0.128 e. The van der Waals surface area contributed by atoms with Gasteiger partial charge in [-0.2, -0.15) is 0 Å². The van der Waals surface area contributed by atoms with E-state index in [0.29, 0.717) is 23.4 Å². The van der Waals surface area contributed by atoms with Crippen LogP contribution in [-0.4, -0.2) is 6.04 Å². The summed E-state index contributed by atoms with van der Waals surface area (Å²) in [6.07, 6.45) is 3.68. The summed E-state index contributed by atoms with van der Waals surface area (Å²) in [6, 6.07) is 3.88. The molecule has 1 saturated carbocycles. The highest BCUT2D eigenvalue weighted by Gasteiger charge is 2.29. The van der Waals surface area contributed by atoms with Crippen molar-refractivity contribution in [1.29, 1.82) is 0 Å². The minimum Gasteiger partial charge on any atom is -0.307 e. The minimum atomic E-state index is -0.380. The summed E-state index contributed by atoms with van der Waals surface area (Å²) in [5.41, 5.74) is 0.421. The van der Waals surface area contributed by atoms with Gasteiger partial charge in [0.15, 0.2) is 0 Å². The Kier molecular flexibility index (Phi) is 4.56. The second kappa shape index (κ2) is 6.00. The first-order chi connectivity index (χ1) is 8.99. The van der Waals surface area contributed by atoms with Crippen molar-refractivity contribution >= 4 is 0 Å². The van der Waals surface area contributed by atoms with Crippen LogP contribution in [-0.2, 0) is 0 Å². The molecule has 19 heavy (non-hydrogen) atoms. The van der Waals surface area contributed by atoms with E-state index in [2.05, 4.69) is 19.2 Å². The fourth-order valence-corrected chi connectivity index (χ4v) is 3.24. The van der Waals surface area contributed by atoms with Crippen molar-refractivity contribution in [3.63, 3.8) is 0 Å². The number of hydrogen-bond acceptors (Lipinski definition) is 1.